The summed E-state index contributed by atoms with van der Waals surface area (Å²) in [4.78, 5) is 0. The minimum Gasteiger partial charge on any atom is -0.129 e. The molecule has 22 heavy (non-hydrogen) atoms. The Bertz CT molecular complexity index is 788. The molecule has 0 amide bonds. The molecule has 0 aromatic heterocycles. The summed E-state index contributed by atoms with van der Waals surface area (Å²) >= 11 is 4.16. The third-order valence-corrected chi connectivity index (χ3v) is 26.2. The predicted octanol–water partition coefficient (Wildman–Crippen LogP) is 4.71. The molecule has 0 aliphatic heterocycles. The number of benzene rings is 3. The highest BCUT2D eigenvalue weighted by molar-refractivity contribution is 9.27. The van der Waals surface area contributed by atoms with Gasteiger partial charge in [0.05, 0.1) is 0 Å². The number of hydrogen-bond acceptors (Lipinski definition) is 0. The second-order valence-electron chi connectivity index (χ2n) is 6.49. The Balaban J connectivity index is 2.36. The fourth-order valence-electron chi connectivity index (χ4n) is 3.25. The molecule has 0 saturated carbocycles. The molecule has 0 spiro atoms. The van der Waals surface area contributed by atoms with Crippen molar-refractivity contribution in [2.45, 2.75) is 19.6 Å². The van der Waals surface area contributed by atoms with Crippen LogP contribution in [0.5, 0.6) is 0 Å². The van der Waals surface area contributed by atoms with Gasteiger partial charge in [-0.3, -0.25) is 0 Å². The molecule has 3 aromatic rings. The fourth-order valence-corrected chi connectivity index (χ4v) is 16.1. The molecule has 112 valence electrons. The number of hydrogen-bond donors (Lipinski definition) is 0. The largest absolute Gasteiger partial charge is 0.129 e. The summed E-state index contributed by atoms with van der Waals surface area (Å²) in [6.45, 7) is 7.44. The van der Waals surface area contributed by atoms with Crippen LogP contribution >= 0.6 is 15.3 Å². The van der Waals surface area contributed by atoms with E-state index in [1.807, 2.05) is 0 Å². The summed E-state index contributed by atoms with van der Waals surface area (Å²) in [6, 6.07) is 26.7. The molecule has 0 heterocycles. The van der Waals surface area contributed by atoms with Crippen molar-refractivity contribution in [3.63, 3.8) is 0 Å². The highest BCUT2D eigenvalue weighted by atomic mass is 79.9. The van der Waals surface area contributed by atoms with E-state index in [0.29, 0.717) is 0 Å². The zero-order chi connectivity index (χ0) is 15.8. The molecule has 0 fully saturated rings. The predicted molar refractivity (Wildman–Crippen MR) is 108 cm³/mol. The van der Waals surface area contributed by atoms with Crippen molar-refractivity contribution in [3.8, 4) is 0 Å². The maximum absolute atomic E-state index is 4.16. The van der Waals surface area contributed by atoms with Crippen molar-refractivity contribution in [2.24, 2.45) is 0 Å². The summed E-state index contributed by atoms with van der Waals surface area (Å²) < 4.78 is 0. The van der Waals surface area contributed by atoms with Crippen LogP contribution in [0.1, 0.15) is 0 Å². The van der Waals surface area contributed by atoms with Gasteiger partial charge < -0.3 is 0 Å². The lowest BCUT2D eigenvalue weighted by molar-refractivity contribution is 1.72. The molecule has 0 nitrogen and oxygen atoms in total. The summed E-state index contributed by atoms with van der Waals surface area (Å²) in [5, 5.41) is 5.86. The first-order valence-corrected chi connectivity index (χ1v) is 16.4. The summed E-state index contributed by atoms with van der Waals surface area (Å²) in [5.74, 6) is 0. The lowest BCUT2D eigenvalue weighted by Crippen LogP contribution is -2.69. The highest BCUT2D eigenvalue weighted by Crippen LogP contribution is 2.27. The molecule has 0 aliphatic carbocycles. The van der Waals surface area contributed by atoms with Crippen LogP contribution < -0.4 is 10.4 Å². The van der Waals surface area contributed by atoms with Crippen molar-refractivity contribution < 1.29 is 0 Å². The van der Waals surface area contributed by atoms with Crippen LogP contribution in [0.2, 0.25) is 19.6 Å². The summed E-state index contributed by atoms with van der Waals surface area (Å²) in [6.07, 6.45) is -1.56. The van der Waals surface area contributed by atoms with Crippen molar-refractivity contribution in [1.82, 2.24) is 0 Å². The van der Waals surface area contributed by atoms with E-state index in [9.17, 15) is 0 Å². The van der Waals surface area contributed by atoms with Crippen molar-refractivity contribution >= 4 is 50.2 Å². The second-order valence-corrected chi connectivity index (χ2v) is 27.7. The van der Waals surface area contributed by atoms with Gasteiger partial charge in [-0.1, -0.05) is 97.6 Å². The molecule has 3 heteroatoms. The van der Waals surface area contributed by atoms with E-state index in [4.69, 9.17) is 0 Å². The SMILES string of the molecule is C[Si](C)(Br)[Si@](C)(c1ccccc1)c1cccc2ccccc12. The maximum Gasteiger partial charge on any atom is 0.126 e. The molecular formula is C19H21BrSi2. The van der Waals surface area contributed by atoms with E-state index in [0.717, 1.165) is 0 Å². The Kier molecular flexibility index (Phi) is 4.14. The van der Waals surface area contributed by atoms with Crippen LogP contribution in [-0.2, 0) is 0 Å². The van der Waals surface area contributed by atoms with Crippen LogP contribution in [0.3, 0.4) is 0 Å². The highest BCUT2D eigenvalue weighted by Gasteiger charge is 2.47. The molecule has 0 saturated heterocycles. The lowest BCUT2D eigenvalue weighted by atomic mass is 10.1. The van der Waals surface area contributed by atoms with Gasteiger partial charge >= 0.3 is 0 Å². The molecule has 3 rings (SSSR count). The van der Waals surface area contributed by atoms with E-state index in [1.54, 1.807) is 5.19 Å². The Labute approximate surface area is 142 Å². The lowest BCUT2D eigenvalue weighted by Gasteiger charge is -2.38. The van der Waals surface area contributed by atoms with Gasteiger partial charge in [-0.15, -0.1) is 15.3 Å². The first kappa shape index (κ1) is 15.7. The quantitative estimate of drug-likeness (QED) is 0.452. The van der Waals surface area contributed by atoms with Crippen molar-refractivity contribution in [1.29, 1.82) is 0 Å². The van der Waals surface area contributed by atoms with Crippen LogP contribution in [0, 0.1) is 0 Å². The molecule has 0 N–H and O–H groups in total. The second kappa shape index (κ2) is 5.80. The Morgan fingerprint density at radius 1 is 0.682 bits per heavy atom. The van der Waals surface area contributed by atoms with E-state index < -0.39 is 13.8 Å². The third-order valence-electron chi connectivity index (χ3n) is 4.87. The minimum absolute atomic E-state index is 1.35. The standard InChI is InChI=1S/C19H21BrSi2/c1-21(2,20)22(3,17-12-5-4-6-13-17)19-15-9-11-16-10-7-8-14-18(16)19/h4-15H,1-3H3/t22-/m1/s1. The molecule has 1 atom stereocenters. The summed E-state index contributed by atoms with van der Waals surface area (Å²) in [7, 11) is -1.81. The molecule has 0 aliphatic rings. The normalized spacial score (nSPS) is 14.7. The zero-order valence-corrected chi connectivity index (χ0v) is 16.9. The number of halogens is 1. The van der Waals surface area contributed by atoms with E-state index >= 15 is 0 Å². The Hall–Kier alpha value is -1.17. The minimum atomic E-state index is -1.81. The van der Waals surface area contributed by atoms with Crippen LogP contribution in [0.25, 0.3) is 10.8 Å². The van der Waals surface area contributed by atoms with Crippen molar-refractivity contribution in [3.05, 3.63) is 72.8 Å². The molecular weight excluding hydrogens is 364 g/mol. The van der Waals surface area contributed by atoms with Gasteiger partial charge in [0, 0.05) is 0 Å². The first-order chi connectivity index (χ1) is 10.4. The average molecular weight is 385 g/mol. The van der Waals surface area contributed by atoms with Gasteiger partial charge in [-0.05, 0) is 16.0 Å². The monoisotopic (exact) mass is 384 g/mol. The van der Waals surface area contributed by atoms with Crippen LogP contribution in [-0.4, -0.2) is 13.8 Å². The van der Waals surface area contributed by atoms with Gasteiger partial charge in [0.2, 0.25) is 0 Å². The summed E-state index contributed by atoms with van der Waals surface area (Å²) in [5.41, 5.74) is 0. The number of rotatable bonds is 3. The fraction of sp³-hybridized carbons (Fsp3) is 0.158. The van der Waals surface area contributed by atoms with E-state index in [-0.39, 0.29) is 0 Å². The van der Waals surface area contributed by atoms with Gasteiger partial charge in [-0.25, -0.2) is 0 Å². The topological polar surface area (TPSA) is 0 Å². The van der Waals surface area contributed by atoms with Gasteiger partial charge in [0.25, 0.3) is 0 Å². The smallest absolute Gasteiger partial charge is 0.126 e. The maximum atomic E-state index is 4.16. The molecule has 3 aromatic carbocycles. The number of fused-ring (bicyclic) bond motifs is 1. The Morgan fingerprint density at radius 2 is 1.27 bits per heavy atom. The Morgan fingerprint density at radius 3 is 1.95 bits per heavy atom. The first-order valence-electron chi connectivity index (χ1n) is 7.67. The molecule has 0 radical (unpaired) electrons. The van der Waals surface area contributed by atoms with Crippen LogP contribution in [0.4, 0.5) is 0 Å². The van der Waals surface area contributed by atoms with E-state index in [1.165, 1.54) is 16.0 Å². The van der Waals surface area contributed by atoms with Gasteiger partial charge in [-0.2, -0.15) is 0 Å². The van der Waals surface area contributed by atoms with E-state index in [2.05, 4.69) is 108 Å². The van der Waals surface area contributed by atoms with Gasteiger partial charge in [0.15, 0.2) is 0 Å². The van der Waals surface area contributed by atoms with Crippen LogP contribution in [0.15, 0.2) is 72.8 Å². The van der Waals surface area contributed by atoms with Gasteiger partial charge in [0.1, 0.15) is 13.8 Å². The average Bonchev–Trinajstić information content (AvgIpc) is 2.53. The zero-order valence-electron chi connectivity index (χ0n) is 13.3. The van der Waals surface area contributed by atoms with Crippen molar-refractivity contribution in [2.75, 3.05) is 0 Å². The molecule has 0 unspecified atom stereocenters. The molecule has 0 bridgehead atoms. The third kappa shape index (κ3) is 2.51.